The summed E-state index contributed by atoms with van der Waals surface area (Å²) < 4.78 is 10.9. The number of benzene rings is 2. The van der Waals surface area contributed by atoms with Gasteiger partial charge in [0.1, 0.15) is 6.54 Å². The third-order valence-corrected chi connectivity index (χ3v) is 3.77. The first kappa shape index (κ1) is 17.1. The summed E-state index contributed by atoms with van der Waals surface area (Å²) in [7, 11) is 0. The molecule has 0 spiro atoms. The molecule has 0 unspecified atom stereocenters. The van der Waals surface area contributed by atoms with E-state index < -0.39 is 12.5 Å². The van der Waals surface area contributed by atoms with Crippen molar-refractivity contribution in [2.75, 3.05) is 18.2 Å². The predicted molar refractivity (Wildman–Crippen MR) is 94.0 cm³/mol. The summed E-state index contributed by atoms with van der Waals surface area (Å²) in [4.78, 5) is 16.4. The Morgan fingerprint density at radius 3 is 2.73 bits per heavy atom. The zero-order chi connectivity index (χ0) is 18.5. The molecule has 0 bridgehead atoms. The van der Waals surface area contributed by atoms with Crippen molar-refractivity contribution >= 4 is 17.6 Å². The van der Waals surface area contributed by atoms with Gasteiger partial charge in [0.2, 0.25) is 6.79 Å². The van der Waals surface area contributed by atoms with Crippen LogP contribution in [0.1, 0.15) is 11.1 Å². The van der Waals surface area contributed by atoms with Gasteiger partial charge in [-0.2, -0.15) is 5.26 Å². The minimum absolute atomic E-state index is 0.0497. The second kappa shape index (κ2) is 7.44. The average Bonchev–Trinajstić information content (AvgIpc) is 3.14. The fraction of sp³-hybridized carbons (Fsp3) is 0.167. The molecule has 3 N–H and O–H groups in total. The minimum atomic E-state index is -1.08. The fourth-order valence-corrected chi connectivity index (χ4v) is 2.54. The molecule has 0 fully saturated rings. The summed E-state index contributed by atoms with van der Waals surface area (Å²) in [6.45, 7) is 0.00427. The highest BCUT2D eigenvalue weighted by atomic mass is 16.7. The number of aliphatic carboxylic acids is 1. The van der Waals surface area contributed by atoms with Gasteiger partial charge in [0.15, 0.2) is 17.5 Å². The number of nitrogens with two attached hydrogens (primary N) is 1. The molecule has 0 radical (unpaired) electrons. The van der Waals surface area contributed by atoms with Crippen molar-refractivity contribution in [1.82, 2.24) is 0 Å². The van der Waals surface area contributed by atoms with Gasteiger partial charge in [0.05, 0.1) is 18.2 Å². The number of aliphatic imine (C=N–C) groups is 1. The molecule has 2 aromatic rings. The van der Waals surface area contributed by atoms with E-state index in [0.29, 0.717) is 29.3 Å². The van der Waals surface area contributed by atoms with E-state index in [2.05, 4.69) is 11.1 Å². The van der Waals surface area contributed by atoms with Crippen LogP contribution in [0.15, 0.2) is 47.5 Å². The molecular weight excluding hydrogens is 336 g/mol. The normalized spacial score (nSPS) is 12.5. The Morgan fingerprint density at radius 1 is 1.27 bits per heavy atom. The Morgan fingerprint density at radius 2 is 2.04 bits per heavy atom. The van der Waals surface area contributed by atoms with Gasteiger partial charge in [0, 0.05) is 11.3 Å². The van der Waals surface area contributed by atoms with Crippen LogP contribution in [0.25, 0.3) is 0 Å². The Balaban J connectivity index is 1.95. The number of hydrogen-bond acceptors (Lipinski definition) is 5. The molecule has 26 heavy (non-hydrogen) atoms. The van der Waals surface area contributed by atoms with Crippen LogP contribution in [0.3, 0.4) is 0 Å². The van der Waals surface area contributed by atoms with Crippen LogP contribution in [0, 0.1) is 11.3 Å². The second-order valence-electron chi connectivity index (χ2n) is 5.46. The van der Waals surface area contributed by atoms with Crippen LogP contribution >= 0.6 is 0 Å². The molecular formula is C18H16N4O4. The lowest BCUT2D eigenvalue weighted by Gasteiger charge is -2.24. The van der Waals surface area contributed by atoms with E-state index in [1.165, 1.54) is 0 Å². The number of anilines is 1. The number of ether oxygens (including phenoxy) is 2. The number of nitrogens with zero attached hydrogens (tertiary/aromatic N) is 3. The zero-order valence-electron chi connectivity index (χ0n) is 13.8. The van der Waals surface area contributed by atoms with E-state index in [-0.39, 0.29) is 12.8 Å². The van der Waals surface area contributed by atoms with Gasteiger partial charge >= 0.3 is 5.97 Å². The van der Waals surface area contributed by atoms with Gasteiger partial charge in [0.25, 0.3) is 0 Å². The summed E-state index contributed by atoms with van der Waals surface area (Å²) in [5, 5.41) is 17.8. The predicted octanol–water partition coefficient (Wildman–Crippen LogP) is 1.69. The van der Waals surface area contributed by atoms with E-state index in [9.17, 15) is 4.79 Å². The Hall–Kier alpha value is -3.73. The number of carboxylic acid groups (broad SMARTS) is 1. The molecule has 2 aromatic carbocycles. The first-order chi connectivity index (χ1) is 12.6. The van der Waals surface area contributed by atoms with E-state index in [1.54, 1.807) is 35.2 Å². The standard InChI is InChI=1S/C18H16N4O4/c19-8-12-4-6-14(7-5-12)22(18(20)21-9-16(23)24)10-13-2-1-3-15-17(13)26-11-25-15/h1-7H,9-11H2,(H2,20,21)(H,23,24). The van der Waals surface area contributed by atoms with Crippen molar-refractivity contribution in [2.45, 2.75) is 6.54 Å². The summed E-state index contributed by atoms with van der Waals surface area (Å²) >= 11 is 0. The van der Waals surface area contributed by atoms with Gasteiger partial charge < -0.3 is 25.2 Å². The lowest BCUT2D eigenvalue weighted by molar-refractivity contribution is -0.135. The Kier molecular flexibility index (Phi) is 4.90. The number of para-hydroxylation sites is 1. The van der Waals surface area contributed by atoms with Crippen LogP contribution in [0.5, 0.6) is 11.5 Å². The highest BCUT2D eigenvalue weighted by Gasteiger charge is 2.21. The second-order valence-corrected chi connectivity index (χ2v) is 5.46. The summed E-state index contributed by atoms with van der Waals surface area (Å²) in [5.41, 5.74) is 8.03. The van der Waals surface area contributed by atoms with Crippen LogP contribution < -0.4 is 20.1 Å². The first-order valence-corrected chi connectivity index (χ1v) is 7.75. The van der Waals surface area contributed by atoms with Gasteiger partial charge in [-0.1, -0.05) is 12.1 Å². The van der Waals surface area contributed by atoms with E-state index >= 15 is 0 Å². The smallest absolute Gasteiger partial charge is 0.325 e. The SMILES string of the molecule is N#Cc1ccc(N(Cc2cccc3c2OCO3)C(N)=NCC(=O)O)cc1. The molecule has 8 nitrogen and oxygen atoms in total. The third-order valence-electron chi connectivity index (χ3n) is 3.77. The number of hydrogen-bond donors (Lipinski definition) is 2. The first-order valence-electron chi connectivity index (χ1n) is 7.75. The summed E-state index contributed by atoms with van der Waals surface area (Å²) in [5.74, 6) is 0.235. The van der Waals surface area contributed by atoms with E-state index in [4.69, 9.17) is 25.6 Å². The maximum atomic E-state index is 10.8. The molecule has 132 valence electrons. The average molecular weight is 352 g/mol. The molecule has 0 atom stereocenters. The van der Waals surface area contributed by atoms with Crippen LogP contribution in [-0.4, -0.2) is 30.4 Å². The van der Waals surface area contributed by atoms with Gasteiger partial charge in [-0.05, 0) is 30.3 Å². The van der Waals surface area contributed by atoms with Crippen LogP contribution in [0.2, 0.25) is 0 Å². The van der Waals surface area contributed by atoms with Crippen molar-refractivity contribution in [2.24, 2.45) is 10.7 Å². The number of rotatable bonds is 5. The number of guanidine groups is 1. The highest BCUT2D eigenvalue weighted by Crippen LogP contribution is 2.36. The maximum absolute atomic E-state index is 10.8. The molecule has 0 aromatic heterocycles. The topological polar surface area (TPSA) is 121 Å². The zero-order valence-corrected chi connectivity index (χ0v) is 13.8. The van der Waals surface area contributed by atoms with Crippen LogP contribution in [0.4, 0.5) is 5.69 Å². The number of carbonyl (C=O) groups is 1. The number of carboxylic acids is 1. The lowest BCUT2D eigenvalue weighted by Crippen LogP contribution is -2.37. The molecule has 1 aliphatic rings. The number of nitriles is 1. The quantitative estimate of drug-likeness (QED) is 0.620. The molecule has 3 rings (SSSR count). The Bertz CT molecular complexity index is 887. The molecule has 0 saturated heterocycles. The molecule has 8 heteroatoms. The van der Waals surface area contributed by atoms with Crippen molar-refractivity contribution < 1.29 is 19.4 Å². The van der Waals surface area contributed by atoms with Gasteiger partial charge in [-0.3, -0.25) is 4.79 Å². The largest absolute Gasteiger partial charge is 0.480 e. The number of fused-ring (bicyclic) bond motifs is 1. The highest BCUT2D eigenvalue weighted by molar-refractivity contribution is 5.95. The monoisotopic (exact) mass is 352 g/mol. The van der Waals surface area contributed by atoms with Gasteiger partial charge in [-0.15, -0.1) is 0 Å². The lowest BCUT2D eigenvalue weighted by atomic mass is 10.1. The van der Waals surface area contributed by atoms with Crippen molar-refractivity contribution in [3.05, 3.63) is 53.6 Å². The fourth-order valence-electron chi connectivity index (χ4n) is 2.54. The summed E-state index contributed by atoms with van der Waals surface area (Å²) in [6.07, 6.45) is 0. The van der Waals surface area contributed by atoms with Crippen LogP contribution in [-0.2, 0) is 11.3 Å². The maximum Gasteiger partial charge on any atom is 0.325 e. The molecule has 1 heterocycles. The molecule has 0 saturated carbocycles. The van der Waals surface area contributed by atoms with E-state index in [1.807, 2.05) is 12.1 Å². The summed E-state index contributed by atoms with van der Waals surface area (Å²) in [6, 6.07) is 14.3. The van der Waals surface area contributed by atoms with E-state index in [0.717, 1.165) is 5.56 Å². The molecule has 0 amide bonds. The van der Waals surface area contributed by atoms with Crippen molar-refractivity contribution in [3.63, 3.8) is 0 Å². The van der Waals surface area contributed by atoms with Gasteiger partial charge in [-0.25, -0.2) is 4.99 Å². The van der Waals surface area contributed by atoms with Crippen molar-refractivity contribution in [1.29, 1.82) is 5.26 Å². The Labute approximate surface area is 149 Å². The molecule has 1 aliphatic heterocycles. The molecule has 0 aliphatic carbocycles. The third kappa shape index (κ3) is 3.67. The minimum Gasteiger partial charge on any atom is -0.480 e. The van der Waals surface area contributed by atoms with Crippen molar-refractivity contribution in [3.8, 4) is 17.6 Å².